The summed E-state index contributed by atoms with van der Waals surface area (Å²) in [4.78, 5) is 18.9. The van der Waals surface area contributed by atoms with Gasteiger partial charge in [-0.15, -0.1) is 0 Å². The number of carbonyl (C=O) groups is 2. The van der Waals surface area contributed by atoms with Crippen LogP contribution in [0, 0.1) is 0 Å². The number of hydrogen-bond donors (Lipinski definition) is 2. The molecular weight excluding hydrogens is 652 g/mol. The van der Waals surface area contributed by atoms with Crippen LogP contribution in [-0.4, -0.2) is 37.9 Å². The molecule has 0 atom stereocenters. The fourth-order valence-corrected chi connectivity index (χ4v) is 5.08. The molecule has 0 saturated heterocycles. The van der Waals surface area contributed by atoms with E-state index in [0.29, 0.717) is 0 Å². The number of carbonyl (C=O) groups excluding carboxylic acids is 2. The van der Waals surface area contributed by atoms with Crippen molar-refractivity contribution in [1.29, 1.82) is 0 Å². The van der Waals surface area contributed by atoms with E-state index in [-0.39, 0.29) is 0 Å². The predicted octanol–water partition coefficient (Wildman–Crippen LogP) is 5.25. The van der Waals surface area contributed by atoms with Crippen LogP contribution in [0.25, 0.3) is 0 Å². The van der Waals surface area contributed by atoms with Gasteiger partial charge in [-0.1, -0.05) is 0 Å². The Morgan fingerprint density at radius 3 is 1.00 bits per heavy atom. The molecule has 2 aromatic rings. The molecule has 0 unspecified atom stereocenters. The van der Waals surface area contributed by atoms with E-state index in [9.17, 15) is 79.1 Å². The first kappa shape index (κ1) is 33.8. The highest BCUT2D eigenvalue weighted by atomic mass is 32.2. The predicted molar refractivity (Wildman–Crippen MR) is 102 cm³/mol. The molecule has 0 bridgehead atoms. The summed E-state index contributed by atoms with van der Waals surface area (Å²) < 4.78 is 228. The van der Waals surface area contributed by atoms with Gasteiger partial charge in [0.25, 0.3) is 20.2 Å². The number of benzene rings is 2. The minimum Gasteiger partial charge on any atom is -0.386 e. The topological polar surface area (TPSA) is 152 Å². The molecule has 0 amide bonds. The van der Waals surface area contributed by atoms with Gasteiger partial charge in [-0.25, -0.2) is 9.59 Å². The van der Waals surface area contributed by atoms with Crippen molar-refractivity contribution in [1.82, 2.24) is 0 Å². The molecule has 41 heavy (non-hydrogen) atoms. The van der Waals surface area contributed by atoms with Crippen LogP contribution in [0.1, 0.15) is 43.0 Å². The molecule has 2 N–H and O–H groups in total. The molecule has 0 aliphatic heterocycles. The summed E-state index contributed by atoms with van der Waals surface area (Å²) in [5.74, 6) is -5.56. The second-order valence-electron chi connectivity index (χ2n) is 7.35. The second kappa shape index (κ2) is 10.1. The lowest BCUT2D eigenvalue weighted by Crippen LogP contribution is -2.26. The van der Waals surface area contributed by atoms with Crippen molar-refractivity contribution < 1.29 is 93.0 Å². The summed E-state index contributed by atoms with van der Waals surface area (Å²) in [5.41, 5.74) is -16.5. The molecule has 0 saturated carbocycles. The number of esters is 2. The maximum atomic E-state index is 13.4. The van der Waals surface area contributed by atoms with E-state index < -0.39 is 124 Å². The number of rotatable bonds is 4. The van der Waals surface area contributed by atoms with Gasteiger partial charge in [0.05, 0.1) is 33.4 Å². The van der Waals surface area contributed by atoms with E-state index in [0.717, 1.165) is 0 Å². The molecule has 0 fully saturated rings. The Hall–Kier alpha value is -3.44. The maximum absolute atomic E-state index is 13.4. The number of alkyl halides is 12. The van der Waals surface area contributed by atoms with E-state index in [1.807, 2.05) is 0 Å². The minimum atomic E-state index is -6.50. The van der Waals surface area contributed by atoms with Crippen LogP contribution in [0.15, 0.2) is 34.1 Å². The van der Waals surface area contributed by atoms with E-state index in [2.05, 4.69) is 4.74 Å². The van der Waals surface area contributed by atoms with Gasteiger partial charge in [0.15, 0.2) is 0 Å². The van der Waals surface area contributed by atoms with Gasteiger partial charge in [0.1, 0.15) is 9.79 Å². The van der Waals surface area contributed by atoms with Crippen molar-refractivity contribution in [3.05, 3.63) is 57.6 Å². The third-order valence-corrected chi connectivity index (χ3v) is 6.51. The molecular formula is C18H6F12O9S2. The molecule has 23 heteroatoms. The summed E-state index contributed by atoms with van der Waals surface area (Å²) in [6.07, 6.45) is -24.6. The number of hydrogen-bond acceptors (Lipinski definition) is 7. The minimum absolute atomic E-state index is 0.394. The molecule has 9 nitrogen and oxygen atoms in total. The van der Waals surface area contributed by atoms with Crippen LogP contribution in [0.4, 0.5) is 52.7 Å². The van der Waals surface area contributed by atoms with Gasteiger partial charge in [-0.05, 0) is 24.3 Å². The second-order valence-corrected chi connectivity index (χ2v) is 10.1. The summed E-state index contributed by atoms with van der Waals surface area (Å²) >= 11 is 0. The summed E-state index contributed by atoms with van der Waals surface area (Å²) in [5, 5.41) is 0. The van der Waals surface area contributed by atoms with E-state index in [1.54, 1.807) is 0 Å². The Bertz CT molecular complexity index is 1510. The molecule has 228 valence electrons. The highest BCUT2D eigenvalue weighted by Gasteiger charge is 2.50. The van der Waals surface area contributed by atoms with Crippen LogP contribution in [0.2, 0.25) is 0 Å². The highest BCUT2D eigenvalue weighted by Crippen LogP contribution is 2.46. The van der Waals surface area contributed by atoms with Crippen molar-refractivity contribution in [3.63, 3.8) is 0 Å². The van der Waals surface area contributed by atoms with Gasteiger partial charge in [0, 0.05) is 0 Å². The molecule has 2 aromatic carbocycles. The van der Waals surface area contributed by atoms with Gasteiger partial charge in [-0.2, -0.15) is 69.5 Å². The zero-order valence-corrected chi connectivity index (χ0v) is 20.0. The van der Waals surface area contributed by atoms with Crippen LogP contribution in [0.5, 0.6) is 0 Å². The first-order valence-electron chi connectivity index (χ1n) is 9.35. The Labute approximate surface area is 217 Å². The molecule has 0 aromatic heterocycles. The van der Waals surface area contributed by atoms with E-state index >= 15 is 0 Å². The first-order valence-corrected chi connectivity index (χ1v) is 12.2. The lowest BCUT2D eigenvalue weighted by molar-refractivity contribution is -0.163. The van der Waals surface area contributed by atoms with Crippen LogP contribution >= 0.6 is 0 Å². The van der Waals surface area contributed by atoms with Crippen molar-refractivity contribution in [2.24, 2.45) is 0 Å². The maximum Gasteiger partial charge on any atom is 0.418 e. The summed E-state index contributed by atoms with van der Waals surface area (Å²) in [6.45, 7) is 0. The Morgan fingerprint density at radius 2 is 0.805 bits per heavy atom. The van der Waals surface area contributed by atoms with E-state index in [1.165, 1.54) is 0 Å². The van der Waals surface area contributed by atoms with Gasteiger partial charge in [-0.3, -0.25) is 9.11 Å². The molecule has 0 aliphatic carbocycles. The lowest BCUT2D eigenvalue weighted by Gasteiger charge is -2.20. The third-order valence-electron chi connectivity index (χ3n) is 4.63. The standard InChI is InChI=1S/C18H6F12O9S2/c19-15(20,21)7-3-1-5(11(40(33,34)35)9(7)17(25,26)27)13(31)39-14(32)6-2-4-8(16(22,23)24)10(18(28,29)30)12(6)41(36,37)38/h1-4H,(H,33,34,35)(H,36,37,38). The third kappa shape index (κ3) is 7.08. The average molecular weight is 658 g/mol. The van der Waals surface area contributed by atoms with Gasteiger partial charge in [0.2, 0.25) is 0 Å². The zero-order chi connectivity index (χ0) is 32.3. The summed E-state index contributed by atoms with van der Waals surface area (Å²) in [6, 6.07) is -1.95. The van der Waals surface area contributed by atoms with Crippen molar-refractivity contribution in [2.75, 3.05) is 0 Å². The van der Waals surface area contributed by atoms with Crippen molar-refractivity contribution in [2.45, 2.75) is 34.5 Å². The molecule has 0 heterocycles. The van der Waals surface area contributed by atoms with Crippen molar-refractivity contribution >= 4 is 32.2 Å². The molecule has 0 aliphatic rings. The van der Waals surface area contributed by atoms with Crippen LogP contribution < -0.4 is 0 Å². The van der Waals surface area contributed by atoms with Gasteiger partial charge < -0.3 is 4.74 Å². The fourth-order valence-electron chi connectivity index (χ4n) is 3.25. The molecule has 0 spiro atoms. The Balaban J connectivity index is 2.89. The van der Waals surface area contributed by atoms with Crippen molar-refractivity contribution in [3.8, 4) is 0 Å². The van der Waals surface area contributed by atoms with E-state index in [4.69, 9.17) is 9.11 Å². The summed E-state index contributed by atoms with van der Waals surface area (Å²) in [7, 11) is -13.0. The molecule has 0 radical (unpaired) electrons. The normalized spacial score (nSPS) is 13.7. The average Bonchev–Trinajstić information content (AvgIpc) is 2.73. The van der Waals surface area contributed by atoms with Gasteiger partial charge >= 0.3 is 36.6 Å². The monoisotopic (exact) mass is 658 g/mol. The Morgan fingerprint density at radius 1 is 0.537 bits per heavy atom. The lowest BCUT2D eigenvalue weighted by atomic mass is 10.0. The number of ether oxygens (including phenoxy) is 1. The first-order chi connectivity index (χ1) is 18.0. The Kier molecular flexibility index (Phi) is 8.34. The number of halogens is 12. The van der Waals surface area contributed by atoms with Crippen LogP contribution in [-0.2, 0) is 49.7 Å². The van der Waals surface area contributed by atoms with Crippen LogP contribution in [0.3, 0.4) is 0 Å². The quantitative estimate of drug-likeness (QED) is 0.194. The largest absolute Gasteiger partial charge is 0.418 e. The fraction of sp³-hybridized carbons (Fsp3) is 0.222. The molecule has 2 rings (SSSR count). The smallest absolute Gasteiger partial charge is 0.386 e. The zero-order valence-electron chi connectivity index (χ0n) is 18.4. The highest BCUT2D eigenvalue weighted by molar-refractivity contribution is 7.86. The SMILES string of the molecule is O=C(OC(=O)c1ccc(C(F)(F)F)c(C(F)(F)F)c1S(=O)(=O)O)c1ccc(C(F)(F)F)c(C(F)(F)F)c1S(=O)(=O)O.